The van der Waals surface area contributed by atoms with Crippen LogP contribution in [0.2, 0.25) is 0 Å². The maximum atomic E-state index is 12.6. The molecule has 0 aliphatic heterocycles. The second kappa shape index (κ2) is 6.20. The molecular weight excluding hydrogens is 224 g/mol. The lowest BCUT2D eigenvalue weighted by atomic mass is 10.0. The first kappa shape index (κ1) is 14.2. The Hall–Kier alpha value is -1.82. The van der Waals surface area contributed by atoms with E-state index < -0.39 is 0 Å². The van der Waals surface area contributed by atoms with Crippen molar-refractivity contribution in [2.75, 3.05) is 6.54 Å². The fourth-order valence-electron chi connectivity index (χ4n) is 2.06. The fourth-order valence-corrected chi connectivity index (χ4v) is 2.06. The van der Waals surface area contributed by atoms with Gasteiger partial charge in [0.2, 0.25) is 0 Å². The zero-order chi connectivity index (χ0) is 13.7. The number of carbonyl (C=O) groups excluding carboxylic acids is 1. The molecular formula is C15H20N2O. The number of hydrogen-bond donors (Lipinski definition) is 0. The van der Waals surface area contributed by atoms with Gasteiger partial charge in [-0.25, -0.2) is 0 Å². The molecule has 0 aromatic heterocycles. The average molecular weight is 244 g/mol. The summed E-state index contributed by atoms with van der Waals surface area (Å²) >= 11 is 0. The van der Waals surface area contributed by atoms with Gasteiger partial charge in [-0.2, -0.15) is 5.26 Å². The largest absolute Gasteiger partial charge is 0.335 e. The van der Waals surface area contributed by atoms with Gasteiger partial charge < -0.3 is 4.90 Å². The normalized spacial score (nSPS) is 10.2. The number of amides is 1. The molecule has 0 saturated heterocycles. The minimum absolute atomic E-state index is 0.0239. The van der Waals surface area contributed by atoms with E-state index in [0.717, 1.165) is 16.7 Å². The number of benzene rings is 1. The molecule has 0 spiro atoms. The number of hydrogen-bond acceptors (Lipinski definition) is 2. The second-order valence-corrected chi connectivity index (χ2v) is 4.77. The second-order valence-electron chi connectivity index (χ2n) is 4.77. The monoisotopic (exact) mass is 244 g/mol. The molecule has 0 fully saturated rings. The lowest BCUT2D eigenvalue weighted by Gasteiger charge is -2.27. The highest BCUT2D eigenvalue weighted by molar-refractivity contribution is 5.97. The molecule has 1 aromatic rings. The van der Waals surface area contributed by atoms with Crippen molar-refractivity contribution in [2.24, 2.45) is 0 Å². The molecule has 0 heterocycles. The van der Waals surface area contributed by atoms with Crippen molar-refractivity contribution in [3.05, 3.63) is 34.9 Å². The van der Waals surface area contributed by atoms with Crippen molar-refractivity contribution < 1.29 is 4.79 Å². The highest BCUT2D eigenvalue weighted by Crippen LogP contribution is 2.17. The van der Waals surface area contributed by atoms with Crippen molar-refractivity contribution in [1.82, 2.24) is 4.90 Å². The SMILES string of the molecule is Cc1cccc(C)c1C(=O)N(CCC#N)C(C)C. The summed E-state index contributed by atoms with van der Waals surface area (Å²) in [5.74, 6) is 0.0239. The van der Waals surface area contributed by atoms with E-state index in [1.54, 1.807) is 4.90 Å². The average Bonchev–Trinajstić information content (AvgIpc) is 2.28. The molecule has 1 rings (SSSR count). The van der Waals surface area contributed by atoms with E-state index in [0.29, 0.717) is 13.0 Å². The minimum Gasteiger partial charge on any atom is -0.335 e. The number of carbonyl (C=O) groups is 1. The summed E-state index contributed by atoms with van der Waals surface area (Å²) in [6.07, 6.45) is 0.370. The van der Waals surface area contributed by atoms with Crippen molar-refractivity contribution in [3.8, 4) is 6.07 Å². The van der Waals surface area contributed by atoms with E-state index >= 15 is 0 Å². The molecule has 18 heavy (non-hydrogen) atoms. The van der Waals surface area contributed by atoms with Crippen LogP contribution >= 0.6 is 0 Å². The summed E-state index contributed by atoms with van der Waals surface area (Å²) in [6, 6.07) is 8.05. The standard InChI is InChI=1S/C15H20N2O/c1-11(2)17(10-6-9-16)15(18)14-12(3)7-5-8-13(14)4/h5,7-8,11H,6,10H2,1-4H3. The van der Waals surface area contributed by atoms with Gasteiger partial charge in [-0.3, -0.25) is 4.79 Å². The molecule has 0 unspecified atom stereocenters. The van der Waals surface area contributed by atoms with Crippen molar-refractivity contribution in [1.29, 1.82) is 5.26 Å². The number of rotatable bonds is 4. The Kier molecular flexibility index (Phi) is 4.91. The van der Waals surface area contributed by atoms with E-state index in [-0.39, 0.29) is 11.9 Å². The highest BCUT2D eigenvalue weighted by atomic mass is 16.2. The Labute approximate surface area is 109 Å². The lowest BCUT2D eigenvalue weighted by Crippen LogP contribution is -2.38. The molecule has 0 saturated carbocycles. The van der Waals surface area contributed by atoms with Crippen LogP contribution in [0, 0.1) is 25.2 Å². The topological polar surface area (TPSA) is 44.1 Å². The molecule has 1 amide bonds. The minimum atomic E-state index is 0.0239. The predicted octanol–water partition coefficient (Wildman–Crippen LogP) is 3.07. The first-order valence-corrected chi connectivity index (χ1v) is 6.23. The van der Waals surface area contributed by atoms with Crippen LogP contribution in [-0.2, 0) is 0 Å². The molecule has 0 radical (unpaired) electrons. The van der Waals surface area contributed by atoms with E-state index in [4.69, 9.17) is 5.26 Å². The van der Waals surface area contributed by atoms with Crippen LogP contribution in [-0.4, -0.2) is 23.4 Å². The number of aryl methyl sites for hydroxylation is 2. The molecule has 0 N–H and O–H groups in total. The van der Waals surface area contributed by atoms with E-state index in [2.05, 4.69) is 6.07 Å². The highest BCUT2D eigenvalue weighted by Gasteiger charge is 2.21. The lowest BCUT2D eigenvalue weighted by molar-refractivity contribution is 0.0709. The Morgan fingerprint density at radius 1 is 1.33 bits per heavy atom. The van der Waals surface area contributed by atoms with Crippen molar-refractivity contribution >= 4 is 5.91 Å². The quantitative estimate of drug-likeness (QED) is 0.817. The Morgan fingerprint density at radius 2 is 1.89 bits per heavy atom. The molecule has 0 bridgehead atoms. The van der Waals surface area contributed by atoms with Gasteiger partial charge in [0.1, 0.15) is 0 Å². The summed E-state index contributed by atoms with van der Waals surface area (Å²) < 4.78 is 0. The first-order chi connectivity index (χ1) is 8.49. The zero-order valence-corrected chi connectivity index (χ0v) is 11.5. The summed E-state index contributed by atoms with van der Waals surface area (Å²) in [4.78, 5) is 14.3. The van der Waals surface area contributed by atoms with E-state index in [1.165, 1.54) is 0 Å². The van der Waals surface area contributed by atoms with Crippen LogP contribution in [0.4, 0.5) is 0 Å². The van der Waals surface area contributed by atoms with Gasteiger partial charge in [0.25, 0.3) is 5.91 Å². The Bertz CT molecular complexity index is 452. The van der Waals surface area contributed by atoms with Gasteiger partial charge in [-0.05, 0) is 38.8 Å². The fraction of sp³-hybridized carbons (Fsp3) is 0.467. The van der Waals surface area contributed by atoms with Gasteiger partial charge >= 0.3 is 0 Å². The zero-order valence-electron chi connectivity index (χ0n) is 11.5. The van der Waals surface area contributed by atoms with Gasteiger partial charge in [-0.15, -0.1) is 0 Å². The van der Waals surface area contributed by atoms with Crippen molar-refractivity contribution in [3.63, 3.8) is 0 Å². The van der Waals surface area contributed by atoms with E-state index in [9.17, 15) is 4.79 Å². The molecule has 96 valence electrons. The van der Waals surface area contributed by atoms with Crippen LogP contribution in [0.5, 0.6) is 0 Å². The number of nitriles is 1. The third kappa shape index (κ3) is 3.10. The van der Waals surface area contributed by atoms with Crippen LogP contribution in [0.1, 0.15) is 41.8 Å². The van der Waals surface area contributed by atoms with Gasteiger partial charge in [0.15, 0.2) is 0 Å². The first-order valence-electron chi connectivity index (χ1n) is 6.23. The maximum absolute atomic E-state index is 12.6. The summed E-state index contributed by atoms with van der Waals surface area (Å²) in [6.45, 7) is 8.33. The third-order valence-corrected chi connectivity index (χ3v) is 3.04. The van der Waals surface area contributed by atoms with E-state index in [1.807, 2.05) is 45.9 Å². The summed E-state index contributed by atoms with van der Waals surface area (Å²) in [7, 11) is 0. The van der Waals surface area contributed by atoms with Crippen molar-refractivity contribution in [2.45, 2.75) is 40.2 Å². The third-order valence-electron chi connectivity index (χ3n) is 3.04. The predicted molar refractivity (Wildman–Crippen MR) is 72.3 cm³/mol. The Morgan fingerprint density at radius 3 is 2.33 bits per heavy atom. The smallest absolute Gasteiger partial charge is 0.254 e. The molecule has 0 aliphatic carbocycles. The van der Waals surface area contributed by atoms with Crippen LogP contribution in [0.3, 0.4) is 0 Å². The maximum Gasteiger partial charge on any atom is 0.254 e. The molecule has 3 heteroatoms. The van der Waals surface area contributed by atoms with Crippen LogP contribution in [0.15, 0.2) is 18.2 Å². The molecule has 0 atom stereocenters. The Balaban J connectivity index is 3.07. The van der Waals surface area contributed by atoms with Gasteiger partial charge in [0, 0.05) is 18.2 Å². The van der Waals surface area contributed by atoms with Gasteiger partial charge in [-0.1, -0.05) is 18.2 Å². The van der Waals surface area contributed by atoms with Crippen LogP contribution < -0.4 is 0 Å². The molecule has 0 aliphatic rings. The summed E-state index contributed by atoms with van der Waals surface area (Å²) in [5, 5.41) is 8.67. The van der Waals surface area contributed by atoms with Gasteiger partial charge in [0.05, 0.1) is 12.5 Å². The number of nitrogens with zero attached hydrogens (tertiary/aromatic N) is 2. The molecule has 3 nitrogen and oxygen atoms in total. The van der Waals surface area contributed by atoms with Crippen LogP contribution in [0.25, 0.3) is 0 Å². The summed E-state index contributed by atoms with van der Waals surface area (Å²) in [5.41, 5.74) is 2.74. The molecule has 1 aromatic carbocycles.